The van der Waals surface area contributed by atoms with Gasteiger partial charge in [-0.15, -0.1) is 0 Å². The normalized spacial score (nSPS) is 52.2. The number of allylic oxidation sites excluding steroid dienone is 1. The van der Waals surface area contributed by atoms with Crippen LogP contribution in [0.25, 0.3) is 0 Å². The number of hydrogen-bond donors (Lipinski definition) is 4. The molecular weight excluding hydrogens is 488 g/mol. The summed E-state index contributed by atoms with van der Waals surface area (Å²) in [5.74, 6) is -3.46. The van der Waals surface area contributed by atoms with E-state index in [-0.39, 0.29) is 30.3 Å². The van der Waals surface area contributed by atoms with Crippen molar-refractivity contribution in [1.29, 1.82) is 0 Å². The SMILES string of the molecule is CC1CCC2(C(=O)O)CCC3(C)C(=CCC4C5(C)CC(=O)OCC(CO)(C(=O)O)C5CCC43C)C2C1(C)O. The molecule has 0 aromatic rings. The second-order valence-electron chi connectivity index (χ2n) is 14.3. The molecule has 0 aromatic heterocycles. The predicted octanol–water partition coefficient (Wildman–Crippen LogP) is 4.03. The molecule has 8 nitrogen and oxygen atoms in total. The minimum absolute atomic E-state index is 0.0422. The molecule has 1 aliphatic heterocycles. The molecule has 0 spiro atoms. The lowest BCUT2D eigenvalue weighted by Gasteiger charge is -2.70. The van der Waals surface area contributed by atoms with Crippen molar-refractivity contribution in [1.82, 2.24) is 0 Å². The first-order valence-corrected chi connectivity index (χ1v) is 14.2. The highest BCUT2D eigenvalue weighted by Crippen LogP contribution is 2.75. The Balaban J connectivity index is 1.67. The predicted molar refractivity (Wildman–Crippen MR) is 138 cm³/mol. The van der Waals surface area contributed by atoms with Crippen molar-refractivity contribution >= 4 is 17.9 Å². The molecule has 4 N–H and O–H groups in total. The number of aliphatic hydroxyl groups is 2. The zero-order valence-electron chi connectivity index (χ0n) is 23.4. The van der Waals surface area contributed by atoms with Crippen molar-refractivity contribution in [2.75, 3.05) is 13.2 Å². The third-order valence-corrected chi connectivity index (χ3v) is 13.1. The Labute approximate surface area is 224 Å². The van der Waals surface area contributed by atoms with Gasteiger partial charge in [-0.3, -0.25) is 14.4 Å². The van der Waals surface area contributed by atoms with E-state index in [2.05, 4.69) is 19.9 Å². The lowest BCUT2D eigenvalue weighted by molar-refractivity contribution is -0.207. The zero-order chi connectivity index (χ0) is 28.1. The Morgan fingerprint density at radius 3 is 2.29 bits per heavy atom. The molecule has 4 aliphatic carbocycles. The number of aliphatic carboxylic acids is 2. The first kappa shape index (κ1) is 27.6. The van der Waals surface area contributed by atoms with Crippen LogP contribution >= 0.6 is 0 Å². The van der Waals surface area contributed by atoms with Crippen LogP contribution in [0.5, 0.6) is 0 Å². The summed E-state index contributed by atoms with van der Waals surface area (Å²) in [7, 11) is 0. The van der Waals surface area contributed by atoms with E-state index in [1.165, 1.54) is 0 Å². The molecule has 38 heavy (non-hydrogen) atoms. The molecule has 0 bridgehead atoms. The molecule has 1 heterocycles. The van der Waals surface area contributed by atoms with Gasteiger partial charge in [-0.2, -0.15) is 0 Å². The maximum atomic E-state index is 12.9. The molecule has 4 fully saturated rings. The van der Waals surface area contributed by atoms with Crippen molar-refractivity contribution in [3.05, 3.63) is 11.6 Å². The lowest BCUT2D eigenvalue weighted by Crippen LogP contribution is -2.67. The van der Waals surface area contributed by atoms with Gasteiger partial charge >= 0.3 is 17.9 Å². The lowest BCUT2D eigenvalue weighted by atomic mass is 9.34. The number of carbonyl (C=O) groups is 3. The summed E-state index contributed by atoms with van der Waals surface area (Å²) in [5.41, 5.74) is -4.20. The van der Waals surface area contributed by atoms with Gasteiger partial charge in [-0.05, 0) is 85.9 Å². The zero-order valence-corrected chi connectivity index (χ0v) is 23.4. The second kappa shape index (κ2) is 8.29. The molecule has 5 aliphatic rings. The largest absolute Gasteiger partial charge is 0.481 e. The van der Waals surface area contributed by atoms with Crippen molar-refractivity contribution < 1.29 is 39.5 Å². The second-order valence-corrected chi connectivity index (χ2v) is 14.3. The molecule has 10 atom stereocenters. The minimum atomic E-state index is -1.55. The molecule has 0 aromatic carbocycles. The number of esters is 1. The van der Waals surface area contributed by atoms with Crippen molar-refractivity contribution in [3.8, 4) is 0 Å². The Morgan fingerprint density at radius 2 is 1.68 bits per heavy atom. The van der Waals surface area contributed by atoms with Crippen LogP contribution < -0.4 is 0 Å². The summed E-state index contributed by atoms with van der Waals surface area (Å²) in [6.07, 6.45) is 6.37. The highest BCUT2D eigenvalue weighted by atomic mass is 16.5. The summed E-state index contributed by atoms with van der Waals surface area (Å²) >= 11 is 0. The fraction of sp³-hybridized carbons (Fsp3) is 0.833. The summed E-state index contributed by atoms with van der Waals surface area (Å²) in [6.45, 7) is 9.34. The maximum absolute atomic E-state index is 12.9. The van der Waals surface area contributed by atoms with E-state index in [4.69, 9.17) is 4.74 Å². The molecule has 212 valence electrons. The fourth-order valence-corrected chi connectivity index (χ4v) is 10.5. The number of fused-ring (bicyclic) bond motifs is 7. The maximum Gasteiger partial charge on any atom is 0.315 e. The number of carboxylic acids is 2. The van der Waals surface area contributed by atoms with Gasteiger partial charge < -0.3 is 25.2 Å². The Kier molecular flexibility index (Phi) is 6.03. The molecule has 10 unspecified atom stereocenters. The van der Waals surface area contributed by atoms with Gasteiger partial charge in [0.2, 0.25) is 0 Å². The van der Waals surface area contributed by atoms with E-state index in [1.807, 2.05) is 20.8 Å². The van der Waals surface area contributed by atoms with E-state index in [0.717, 1.165) is 5.57 Å². The minimum Gasteiger partial charge on any atom is -0.481 e. The molecule has 3 saturated carbocycles. The summed E-state index contributed by atoms with van der Waals surface area (Å²) in [5, 5.41) is 43.1. The topological polar surface area (TPSA) is 141 Å². The van der Waals surface area contributed by atoms with Crippen molar-refractivity contribution in [2.45, 2.75) is 91.6 Å². The Bertz CT molecular complexity index is 1100. The highest BCUT2D eigenvalue weighted by Gasteiger charge is 2.72. The van der Waals surface area contributed by atoms with Gasteiger partial charge in [-0.25, -0.2) is 0 Å². The Morgan fingerprint density at radius 1 is 1.00 bits per heavy atom. The number of aliphatic hydroxyl groups excluding tert-OH is 1. The van der Waals surface area contributed by atoms with Crippen LogP contribution in [0.15, 0.2) is 11.6 Å². The molecule has 5 rings (SSSR count). The molecule has 1 saturated heterocycles. The standard InChI is InChI=1S/C30H44O8/c1-17-8-11-29(23(33)34)13-12-26(3)18(22(29)28(17,5)37)6-7-19-25(2)14-21(32)38-16-30(15-31,24(35)36)20(25)9-10-27(19,26)4/h6,17,19-20,22,31,37H,7-16H2,1-5H3,(H,33,34)(H,35,36). The molecular formula is C30H44O8. The van der Waals surface area contributed by atoms with Crippen molar-refractivity contribution in [2.24, 2.45) is 50.7 Å². The quantitative estimate of drug-likeness (QED) is 0.315. The summed E-state index contributed by atoms with van der Waals surface area (Å²) in [6, 6.07) is 0. The van der Waals surface area contributed by atoms with Crippen LogP contribution in [0.1, 0.15) is 86.0 Å². The summed E-state index contributed by atoms with van der Waals surface area (Å²) < 4.78 is 5.43. The molecule has 0 radical (unpaired) electrons. The average Bonchev–Trinajstić information content (AvgIpc) is 2.95. The molecule has 0 amide bonds. The number of carboxylic acid groups (broad SMARTS) is 2. The first-order chi connectivity index (χ1) is 17.6. The number of cyclic esters (lactones) is 1. The number of hydrogen-bond acceptors (Lipinski definition) is 6. The number of carbonyl (C=O) groups excluding carboxylic acids is 1. The smallest absolute Gasteiger partial charge is 0.315 e. The summed E-state index contributed by atoms with van der Waals surface area (Å²) in [4.78, 5) is 38.4. The average molecular weight is 533 g/mol. The van der Waals surface area contributed by atoms with Crippen LogP contribution in [0, 0.1) is 50.7 Å². The van der Waals surface area contributed by atoms with E-state index in [0.29, 0.717) is 44.9 Å². The highest BCUT2D eigenvalue weighted by molar-refractivity contribution is 5.79. The monoisotopic (exact) mass is 532 g/mol. The third kappa shape index (κ3) is 3.13. The number of rotatable bonds is 3. The van der Waals surface area contributed by atoms with Gasteiger partial charge in [0.05, 0.1) is 24.0 Å². The Hall–Kier alpha value is -1.93. The van der Waals surface area contributed by atoms with E-state index < -0.39 is 63.6 Å². The van der Waals surface area contributed by atoms with Crippen LogP contribution in [-0.4, -0.2) is 57.1 Å². The third-order valence-electron chi connectivity index (χ3n) is 13.1. The van der Waals surface area contributed by atoms with Gasteiger partial charge in [0.25, 0.3) is 0 Å². The van der Waals surface area contributed by atoms with E-state index in [1.54, 1.807) is 0 Å². The van der Waals surface area contributed by atoms with E-state index >= 15 is 0 Å². The van der Waals surface area contributed by atoms with Crippen LogP contribution in [0.2, 0.25) is 0 Å². The van der Waals surface area contributed by atoms with Crippen molar-refractivity contribution in [3.63, 3.8) is 0 Å². The van der Waals surface area contributed by atoms with Gasteiger partial charge in [-0.1, -0.05) is 39.3 Å². The van der Waals surface area contributed by atoms with Gasteiger partial charge in [0.15, 0.2) is 0 Å². The first-order valence-electron chi connectivity index (χ1n) is 14.2. The van der Waals surface area contributed by atoms with Crippen LogP contribution in [0.4, 0.5) is 0 Å². The van der Waals surface area contributed by atoms with Crippen LogP contribution in [0.3, 0.4) is 0 Å². The van der Waals surface area contributed by atoms with Crippen LogP contribution in [-0.2, 0) is 19.1 Å². The fourth-order valence-electron chi connectivity index (χ4n) is 10.5. The molecule has 8 heteroatoms. The van der Waals surface area contributed by atoms with Gasteiger partial charge in [0, 0.05) is 5.92 Å². The van der Waals surface area contributed by atoms with E-state index in [9.17, 15) is 34.8 Å². The van der Waals surface area contributed by atoms with Gasteiger partial charge in [0.1, 0.15) is 12.0 Å². The number of ether oxygens (including phenoxy) is 1.